The molecule has 3 rings (SSSR count). The van der Waals surface area contributed by atoms with E-state index >= 15 is 0 Å². The average molecular weight is 451 g/mol. The fourth-order valence-electron chi connectivity index (χ4n) is 2.40. The number of ether oxygens (including phenoxy) is 1. The maximum atomic E-state index is 12.7. The number of carbonyl (C=O) groups is 1. The van der Waals surface area contributed by atoms with Gasteiger partial charge in [-0.25, -0.2) is 0 Å². The fraction of sp³-hybridized carbons (Fsp3) is 0.0588. The first-order chi connectivity index (χ1) is 12.4. The van der Waals surface area contributed by atoms with E-state index in [1.54, 1.807) is 24.3 Å². The van der Waals surface area contributed by atoms with Crippen LogP contribution < -0.4 is 9.64 Å². The highest BCUT2D eigenvalue weighted by Gasteiger charge is 2.33. The van der Waals surface area contributed by atoms with Crippen molar-refractivity contribution in [3.63, 3.8) is 0 Å². The van der Waals surface area contributed by atoms with E-state index in [9.17, 15) is 14.9 Å². The Balaban J connectivity index is 1.96. The molecule has 0 spiro atoms. The van der Waals surface area contributed by atoms with E-state index in [0.29, 0.717) is 20.5 Å². The first-order valence-electron chi connectivity index (χ1n) is 7.26. The quantitative estimate of drug-likeness (QED) is 0.289. The zero-order chi connectivity index (χ0) is 18.8. The predicted octanol–water partition coefficient (Wildman–Crippen LogP) is 4.77. The van der Waals surface area contributed by atoms with Crippen molar-refractivity contribution < 1.29 is 14.5 Å². The summed E-state index contributed by atoms with van der Waals surface area (Å²) in [4.78, 5) is 25.2. The van der Waals surface area contributed by atoms with Crippen molar-refractivity contribution in [2.24, 2.45) is 0 Å². The average Bonchev–Trinajstić information content (AvgIpc) is 2.88. The lowest BCUT2D eigenvalue weighted by atomic mass is 10.1. The molecule has 132 valence electrons. The van der Waals surface area contributed by atoms with E-state index < -0.39 is 4.92 Å². The molecule has 6 nitrogen and oxygen atoms in total. The van der Waals surface area contributed by atoms with Crippen LogP contribution in [0.2, 0.25) is 0 Å². The highest BCUT2D eigenvalue weighted by atomic mass is 79.9. The first-order valence-corrected chi connectivity index (χ1v) is 9.28. The van der Waals surface area contributed by atoms with Gasteiger partial charge in [0.1, 0.15) is 0 Å². The molecule has 0 N–H and O–H groups in total. The van der Waals surface area contributed by atoms with Crippen molar-refractivity contribution in [1.82, 2.24) is 0 Å². The summed E-state index contributed by atoms with van der Waals surface area (Å²) >= 11 is 9.86. The largest absolute Gasteiger partial charge is 0.490 e. The standard InChI is InChI=1S/C17H11BrN2O4S2/c1-24-14-6-5-10(7-13(14)20(22)23)8-15-16(21)19(17(25)26-15)12-4-2-3-11(18)9-12/h2-9H,1H3/b15-8+. The Labute approximate surface area is 167 Å². The maximum Gasteiger partial charge on any atom is 0.311 e. The number of anilines is 1. The van der Waals surface area contributed by atoms with E-state index in [0.717, 1.165) is 16.2 Å². The Kier molecular flexibility index (Phi) is 5.40. The highest BCUT2D eigenvalue weighted by Crippen LogP contribution is 2.37. The number of hydrogen-bond donors (Lipinski definition) is 0. The fourth-order valence-corrected chi connectivity index (χ4v) is 4.08. The Hall–Kier alpha value is -2.23. The lowest BCUT2D eigenvalue weighted by Gasteiger charge is -2.14. The number of benzene rings is 2. The number of nitrogens with zero attached hydrogens (tertiary/aromatic N) is 2. The Morgan fingerprint density at radius 3 is 2.73 bits per heavy atom. The van der Waals surface area contributed by atoms with Gasteiger partial charge in [-0.3, -0.25) is 19.8 Å². The van der Waals surface area contributed by atoms with Gasteiger partial charge >= 0.3 is 5.69 Å². The van der Waals surface area contributed by atoms with Gasteiger partial charge in [-0.1, -0.05) is 52.0 Å². The summed E-state index contributed by atoms with van der Waals surface area (Å²) in [7, 11) is 1.37. The number of halogens is 1. The van der Waals surface area contributed by atoms with Crippen molar-refractivity contribution >= 4 is 67.6 Å². The van der Waals surface area contributed by atoms with Crippen LogP contribution in [-0.4, -0.2) is 22.3 Å². The maximum absolute atomic E-state index is 12.7. The number of amides is 1. The molecule has 0 atom stereocenters. The van der Waals surface area contributed by atoms with Gasteiger partial charge in [-0.05, 0) is 35.9 Å². The van der Waals surface area contributed by atoms with Gasteiger partial charge in [0.05, 0.1) is 22.6 Å². The Bertz CT molecular complexity index is 962. The topological polar surface area (TPSA) is 72.7 Å². The summed E-state index contributed by atoms with van der Waals surface area (Å²) in [5.74, 6) is -0.106. The second kappa shape index (κ2) is 7.56. The zero-order valence-electron chi connectivity index (χ0n) is 13.3. The van der Waals surface area contributed by atoms with Crippen molar-refractivity contribution in [2.45, 2.75) is 0 Å². The molecule has 9 heteroatoms. The van der Waals surface area contributed by atoms with Gasteiger partial charge in [-0.15, -0.1) is 0 Å². The number of hydrogen-bond acceptors (Lipinski definition) is 6. The third-order valence-corrected chi connectivity index (χ3v) is 5.35. The molecule has 1 fully saturated rings. The van der Waals surface area contributed by atoms with Crippen LogP contribution in [0.5, 0.6) is 5.75 Å². The second-order valence-corrected chi connectivity index (χ2v) is 7.78. The number of nitro groups is 1. The minimum Gasteiger partial charge on any atom is -0.490 e. The Morgan fingerprint density at radius 1 is 1.31 bits per heavy atom. The molecule has 2 aromatic carbocycles. The summed E-state index contributed by atoms with van der Waals surface area (Å²) < 4.78 is 6.23. The molecule has 0 unspecified atom stereocenters. The number of rotatable bonds is 4. The van der Waals surface area contributed by atoms with Crippen LogP contribution in [0.1, 0.15) is 5.56 Å². The molecule has 1 heterocycles. The SMILES string of the molecule is COc1ccc(/C=C2/SC(=S)N(c3cccc(Br)c3)C2=O)cc1[N+](=O)[O-]. The third-order valence-electron chi connectivity index (χ3n) is 3.56. The van der Waals surface area contributed by atoms with Crippen LogP contribution in [0, 0.1) is 10.1 Å². The molecule has 1 amide bonds. The predicted molar refractivity (Wildman–Crippen MR) is 109 cm³/mol. The lowest BCUT2D eigenvalue weighted by Crippen LogP contribution is -2.27. The van der Waals surface area contributed by atoms with Gasteiger partial charge in [0.15, 0.2) is 10.1 Å². The summed E-state index contributed by atoms with van der Waals surface area (Å²) in [6.07, 6.45) is 1.59. The van der Waals surface area contributed by atoms with Gasteiger partial charge < -0.3 is 4.74 Å². The van der Waals surface area contributed by atoms with Crippen LogP contribution >= 0.6 is 39.9 Å². The van der Waals surface area contributed by atoms with E-state index in [4.69, 9.17) is 17.0 Å². The van der Waals surface area contributed by atoms with Gasteiger partial charge in [0, 0.05) is 10.5 Å². The smallest absolute Gasteiger partial charge is 0.311 e. The van der Waals surface area contributed by atoms with E-state index in [2.05, 4.69) is 15.9 Å². The van der Waals surface area contributed by atoms with Crippen LogP contribution in [0.25, 0.3) is 6.08 Å². The third kappa shape index (κ3) is 3.64. The molecule has 0 saturated carbocycles. The normalized spacial score (nSPS) is 15.6. The molecule has 1 aliphatic heterocycles. The molecule has 1 saturated heterocycles. The minimum absolute atomic E-state index is 0.161. The molecular weight excluding hydrogens is 440 g/mol. The Morgan fingerprint density at radius 2 is 2.08 bits per heavy atom. The highest BCUT2D eigenvalue weighted by molar-refractivity contribution is 9.10. The van der Waals surface area contributed by atoms with E-state index in [-0.39, 0.29) is 17.3 Å². The van der Waals surface area contributed by atoms with Crippen LogP contribution in [0.4, 0.5) is 11.4 Å². The molecular formula is C17H11BrN2O4S2. The lowest BCUT2D eigenvalue weighted by molar-refractivity contribution is -0.385. The number of carbonyl (C=O) groups excluding carboxylic acids is 1. The van der Waals surface area contributed by atoms with Crippen molar-refractivity contribution in [3.05, 3.63) is 67.5 Å². The van der Waals surface area contributed by atoms with Crippen molar-refractivity contribution in [3.8, 4) is 5.75 Å². The zero-order valence-corrected chi connectivity index (χ0v) is 16.6. The first kappa shape index (κ1) is 18.6. The molecule has 26 heavy (non-hydrogen) atoms. The summed E-state index contributed by atoms with van der Waals surface area (Å²) in [5.41, 5.74) is 1.02. The van der Waals surface area contributed by atoms with Gasteiger partial charge in [-0.2, -0.15) is 0 Å². The second-order valence-electron chi connectivity index (χ2n) is 5.19. The van der Waals surface area contributed by atoms with E-state index in [1.165, 1.54) is 24.1 Å². The molecule has 1 aliphatic rings. The van der Waals surface area contributed by atoms with Gasteiger partial charge in [0.25, 0.3) is 5.91 Å². The van der Waals surface area contributed by atoms with Crippen LogP contribution in [0.3, 0.4) is 0 Å². The molecule has 2 aromatic rings. The number of nitro benzene ring substituents is 1. The number of thioether (sulfide) groups is 1. The van der Waals surface area contributed by atoms with Crippen molar-refractivity contribution in [1.29, 1.82) is 0 Å². The number of methoxy groups -OCH3 is 1. The van der Waals surface area contributed by atoms with Crippen LogP contribution in [0.15, 0.2) is 51.8 Å². The monoisotopic (exact) mass is 450 g/mol. The van der Waals surface area contributed by atoms with Crippen LogP contribution in [-0.2, 0) is 4.79 Å². The summed E-state index contributed by atoms with van der Waals surface area (Å²) in [6, 6.07) is 11.8. The molecule has 0 aromatic heterocycles. The molecule has 0 radical (unpaired) electrons. The van der Waals surface area contributed by atoms with E-state index in [1.807, 2.05) is 12.1 Å². The summed E-state index contributed by atoms with van der Waals surface area (Å²) in [5, 5.41) is 11.2. The minimum atomic E-state index is -0.525. The van der Waals surface area contributed by atoms with Crippen molar-refractivity contribution in [2.75, 3.05) is 12.0 Å². The molecule has 0 aliphatic carbocycles. The molecule has 0 bridgehead atoms. The number of thiocarbonyl (C=S) groups is 1. The van der Waals surface area contributed by atoms with Gasteiger partial charge in [0.2, 0.25) is 0 Å². The summed E-state index contributed by atoms with van der Waals surface area (Å²) in [6.45, 7) is 0.